The van der Waals surface area contributed by atoms with E-state index in [4.69, 9.17) is 9.47 Å². The van der Waals surface area contributed by atoms with Gasteiger partial charge in [-0.25, -0.2) is 0 Å². The van der Waals surface area contributed by atoms with Crippen molar-refractivity contribution in [2.75, 3.05) is 6.61 Å². The van der Waals surface area contributed by atoms with Gasteiger partial charge in [0.25, 0.3) is 11.6 Å². The summed E-state index contributed by atoms with van der Waals surface area (Å²) in [7, 11) is 0. The maximum Gasteiger partial charge on any atom is 0.393 e. The summed E-state index contributed by atoms with van der Waals surface area (Å²) in [5.41, 5.74) is -0.0901. The van der Waals surface area contributed by atoms with E-state index in [0.717, 1.165) is 6.20 Å². The van der Waals surface area contributed by atoms with Gasteiger partial charge in [0.05, 0.1) is 13.0 Å². The number of alkyl halides is 3. The highest BCUT2D eigenvalue weighted by molar-refractivity contribution is 5.31. The fourth-order valence-electron chi connectivity index (χ4n) is 2.82. The SMILES string of the molecule is CC(C)(C)c1ccc(OC[C@@H]2Cn3cc(CC(F)(F)F)c(=O)nc3O2)cc1. The van der Waals surface area contributed by atoms with E-state index in [0.29, 0.717) is 5.75 Å². The van der Waals surface area contributed by atoms with Gasteiger partial charge in [0, 0.05) is 11.8 Å². The first-order valence-corrected chi connectivity index (χ1v) is 8.58. The van der Waals surface area contributed by atoms with Crippen LogP contribution in [0.4, 0.5) is 13.2 Å². The molecule has 0 radical (unpaired) electrons. The number of hydrogen-bond acceptors (Lipinski definition) is 4. The molecular formula is C19H21F3N2O3. The third kappa shape index (κ3) is 4.81. The van der Waals surface area contributed by atoms with Crippen molar-refractivity contribution in [2.24, 2.45) is 0 Å². The fourth-order valence-corrected chi connectivity index (χ4v) is 2.82. The highest BCUT2D eigenvalue weighted by atomic mass is 19.4. The van der Waals surface area contributed by atoms with E-state index >= 15 is 0 Å². The van der Waals surface area contributed by atoms with Crippen molar-refractivity contribution in [2.45, 2.75) is 51.4 Å². The number of nitrogens with zero attached hydrogens (tertiary/aromatic N) is 2. The third-order valence-electron chi connectivity index (χ3n) is 4.25. The van der Waals surface area contributed by atoms with E-state index < -0.39 is 29.8 Å². The molecule has 0 unspecified atom stereocenters. The predicted molar refractivity (Wildman–Crippen MR) is 93.3 cm³/mol. The quantitative estimate of drug-likeness (QED) is 0.812. The van der Waals surface area contributed by atoms with Crippen molar-refractivity contribution in [3.05, 3.63) is 51.9 Å². The maximum absolute atomic E-state index is 12.5. The molecule has 0 aliphatic carbocycles. The molecule has 0 fully saturated rings. The molecule has 3 rings (SSSR count). The van der Waals surface area contributed by atoms with Gasteiger partial charge in [0.2, 0.25) is 0 Å². The van der Waals surface area contributed by atoms with Crippen LogP contribution in [0, 0.1) is 0 Å². The standard InChI is InChI=1S/C19H21F3N2O3/c1-18(2,3)13-4-6-14(7-5-13)26-11-15-10-24-9-12(8-19(20,21)22)16(25)23-17(24)27-15/h4-7,9,15H,8,10-11H2,1-3H3/t15-/m0/s1. The molecule has 0 spiro atoms. The Morgan fingerprint density at radius 3 is 2.48 bits per heavy atom. The normalized spacial score (nSPS) is 16.7. The summed E-state index contributed by atoms with van der Waals surface area (Å²) >= 11 is 0. The molecule has 5 nitrogen and oxygen atoms in total. The smallest absolute Gasteiger partial charge is 0.393 e. The van der Waals surface area contributed by atoms with E-state index in [9.17, 15) is 18.0 Å². The van der Waals surface area contributed by atoms with Gasteiger partial charge in [0.15, 0.2) is 6.10 Å². The second-order valence-corrected chi connectivity index (χ2v) is 7.62. The monoisotopic (exact) mass is 382 g/mol. The van der Waals surface area contributed by atoms with Crippen molar-refractivity contribution in [3.63, 3.8) is 0 Å². The van der Waals surface area contributed by atoms with E-state index in [1.807, 2.05) is 24.3 Å². The van der Waals surface area contributed by atoms with Crippen LogP contribution in [-0.4, -0.2) is 28.4 Å². The topological polar surface area (TPSA) is 53.4 Å². The molecule has 1 aliphatic rings. The van der Waals surface area contributed by atoms with Crippen LogP contribution >= 0.6 is 0 Å². The first kappa shape index (κ1) is 19.3. The summed E-state index contributed by atoms with van der Waals surface area (Å²) in [6, 6.07) is 7.73. The third-order valence-corrected chi connectivity index (χ3v) is 4.25. The zero-order valence-electron chi connectivity index (χ0n) is 15.3. The van der Waals surface area contributed by atoms with E-state index in [-0.39, 0.29) is 24.6 Å². The number of benzene rings is 1. The van der Waals surface area contributed by atoms with Crippen LogP contribution in [0.5, 0.6) is 11.8 Å². The molecule has 27 heavy (non-hydrogen) atoms. The zero-order valence-corrected chi connectivity index (χ0v) is 15.3. The van der Waals surface area contributed by atoms with Crippen LogP contribution < -0.4 is 15.0 Å². The Labute approximate surface area is 154 Å². The van der Waals surface area contributed by atoms with Crippen LogP contribution in [0.2, 0.25) is 0 Å². The van der Waals surface area contributed by atoms with Gasteiger partial charge in [-0.2, -0.15) is 18.2 Å². The molecule has 0 bridgehead atoms. The Balaban J connectivity index is 1.62. The first-order valence-electron chi connectivity index (χ1n) is 8.58. The first-order chi connectivity index (χ1) is 12.5. The lowest BCUT2D eigenvalue weighted by Gasteiger charge is -2.19. The van der Waals surface area contributed by atoms with Gasteiger partial charge in [0.1, 0.15) is 12.4 Å². The van der Waals surface area contributed by atoms with Gasteiger partial charge < -0.3 is 9.47 Å². The van der Waals surface area contributed by atoms with Gasteiger partial charge in [-0.3, -0.25) is 9.36 Å². The predicted octanol–water partition coefficient (Wildman–Crippen LogP) is 3.49. The molecule has 1 aromatic heterocycles. The van der Waals surface area contributed by atoms with Crippen LogP contribution in [0.3, 0.4) is 0 Å². The summed E-state index contributed by atoms with van der Waals surface area (Å²) < 4.78 is 50.2. The number of rotatable bonds is 4. The second kappa shape index (κ2) is 6.90. The van der Waals surface area contributed by atoms with Crippen molar-refractivity contribution in [1.82, 2.24) is 9.55 Å². The molecule has 0 amide bonds. The molecular weight excluding hydrogens is 361 g/mol. The van der Waals surface area contributed by atoms with Gasteiger partial charge in [-0.15, -0.1) is 0 Å². The molecule has 0 saturated carbocycles. The van der Waals surface area contributed by atoms with Crippen molar-refractivity contribution in [3.8, 4) is 11.8 Å². The number of ether oxygens (including phenoxy) is 2. The molecule has 1 aliphatic heterocycles. The van der Waals surface area contributed by atoms with E-state index in [1.54, 1.807) is 0 Å². The number of fused-ring (bicyclic) bond motifs is 1. The van der Waals surface area contributed by atoms with Crippen LogP contribution in [0.15, 0.2) is 35.3 Å². The summed E-state index contributed by atoms with van der Waals surface area (Å²) in [6.45, 7) is 6.82. The molecule has 2 heterocycles. The number of aromatic nitrogens is 2. The maximum atomic E-state index is 12.5. The lowest BCUT2D eigenvalue weighted by Crippen LogP contribution is -2.23. The van der Waals surface area contributed by atoms with Crippen molar-refractivity contribution >= 4 is 0 Å². The minimum atomic E-state index is -4.46. The van der Waals surface area contributed by atoms with Crippen molar-refractivity contribution in [1.29, 1.82) is 0 Å². The van der Waals surface area contributed by atoms with Gasteiger partial charge >= 0.3 is 6.18 Å². The number of halogens is 3. The Kier molecular flexibility index (Phi) is 4.92. The van der Waals surface area contributed by atoms with E-state index in [2.05, 4.69) is 25.8 Å². The van der Waals surface area contributed by atoms with Crippen molar-refractivity contribution < 1.29 is 22.6 Å². The Morgan fingerprint density at radius 2 is 1.89 bits per heavy atom. The van der Waals surface area contributed by atoms with Crippen LogP contribution in [0.1, 0.15) is 31.9 Å². The van der Waals surface area contributed by atoms with Gasteiger partial charge in [-0.1, -0.05) is 32.9 Å². The lowest BCUT2D eigenvalue weighted by molar-refractivity contribution is -0.127. The highest BCUT2D eigenvalue weighted by Gasteiger charge is 2.31. The lowest BCUT2D eigenvalue weighted by atomic mass is 9.87. The Bertz CT molecular complexity index is 868. The molecule has 146 valence electrons. The highest BCUT2D eigenvalue weighted by Crippen LogP contribution is 2.25. The molecule has 1 atom stereocenters. The summed E-state index contributed by atoms with van der Waals surface area (Å²) in [5, 5.41) is 0. The molecule has 2 aromatic rings. The Hall–Kier alpha value is -2.51. The fraction of sp³-hybridized carbons (Fsp3) is 0.474. The average molecular weight is 382 g/mol. The molecule has 1 aromatic carbocycles. The van der Waals surface area contributed by atoms with Gasteiger partial charge in [-0.05, 0) is 23.1 Å². The summed E-state index contributed by atoms with van der Waals surface area (Å²) in [5.74, 6) is 0.669. The summed E-state index contributed by atoms with van der Waals surface area (Å²) in [6.07, 6.45) is -5.03. The average Bonchev–Trinajstić information content (AvgIpc) is 2.93. The zero-order chi connectivity index (χ0) is 19.8. The van der Waals surface area contributed by atoms with Crippen LogP contribution in [-0.2, 0) is 18.4 Å². The Morgan fingerprint density at radius 1 is 1.22 bits per heavy atom. The molecule has 0 saturated heterocycles. The second-order valence-electron chi connectivity index (χ2n) is 7.62. The minimum Gasteiger partial charge on any atom is -0.490 e. The summed E-state index contributed by atoms with van der Waals surface area (Å²) in [4.78, 5) is 15.3. The largest absolute Gasteiger partial charge is 0.490 e. The minimum absolute atomic E-state index is 0.0163. The molecule has 0 N–H and O–H groups in total. The van der Waals surface area contributed by atoms with Crippen LogP contribution in [0.25, 0.3) is 0 Å². The number of hydrogen-bond donors (Lipinski definition) is 0. The molecule has 8 heteroatoms. The van der Waals surface area contributed by atoms with E-state index in [1.165, 1.54) is 10.1 Å².